The first kappa shape index (κ1) is 14.6. The molecule has 6 heteroatoms. The van der Waals surface area contributed by atoms with Gasteiger partial charge in [-0.15, -0.1) is 0 Å². The molecule has 1 aliphatic rings. The maximum Gasteiger partial charge on any atom is 0.273 e. The van der Waals surface area contributed by atoms with Crippen LogP contribution in [-0.4, -0.2) is 28.7 Å². The standard InChI is InChI=1S/C14H21N3O3/c1-2-6-15-11-7-12(9-13(8-11)17(19)20)16-14(10-18)4-3-5-14/h7-9,15-16,18H,2-6,10H2,1H3. The predicted molar refractivity (Wildman–Crippen MR) is 79.2 cm³/mol. The van der Waals surface area contributed by atoms with E-state index in [2.05, 4.69) is 10.6 Å². The molecule has 0 spiro atoms. The molecule has 1 saturated carbocycles. The van der Waals surface area contributed by atoms with E-state index in [0.717, 1.165) is 37.9 Å². The van der Waals surface area contributed by atoms with Gasteiger partial charge in [-0.2, -0.15) is 0 Å². The van der Waals surface area contributed by atoms with Crippen molar-refractivity contribution in [3.05, 3.63) is 28.3 Å². The zero-order chi connectivity index (χ0) is 14.6. The number of benzene rings is 1. The highest BCUT2D eigenvalue weighted by atomic mass is 16.6. The van der Waals surface area contributed by atoms with Crippen molar-refractivity contribution in [1.82, 2.24) is 0 Å². The number of aliphatic hydroxyl groups excluding tert-OH is 1. The third kappa shape index (κ3) is 3.19. The van der Waals surface area contributed by atoms with E-state index in [0.29, 0.717) is 5.69 Å². The normalized spacial score (nSPS) is 16.3. The van der Waals surface area contributed by atoms with E-state index in [4.69, 9.17) is 0 Å². The number of hydrogen-bond acceptors (Lipinski definition) is 5. The van der Waals surface area contributed by atoms with Crippen LogP contribution in [0.4, 0.5) is 17.1 Å². The van der Waals surface area contributed by atoms with Crippen molar-refractivity contribution in [2.45, 2.75) is 38.1 Å². The number of anilines is 2. The molecule has 6 nitrogen and oxygen atoms in total. The number of nitrogens with zero attached hydrogens (tertiary/aromatic N) is 1. The predicted octanol–water partition coefficient (Wildman–Crippen LogP) is 2.74. The zero-order valence-corrected chi connectivity index (χ0v) is 11.7. The highest BCUT2D eigenvalue weighted by molar-refractivity contribution is 5.64. The van der Waals surface area contributed by atoms with Crippen LogP contribution in [0.15, 0.2) is 18.2 Å². The van der Waals surface area contributed by atoms with Crippen LogP contribution in [0.2, 0.25) is 0 Å². The third-order valence-electron chi connectivity index (χ3n) is 3.73. The van der Waals surface area contributed by atoms with Gasteiger partial charge in [0.15, 0.2) is 0 Å². The summed E-state index contributed by atoms with van der Waals surface area (Å²) >= 11 is 0. The minimum atomic E-state index is -0.394. The fourth-order valence-corrected chi connectivity index (χ4v) is 2.39. The fraction of sp³-hybridized carbons (Fsp3) is 0.571. The summed E-state index contributed by atoms with van der Waals surface area (Å²) in [6.07, 6.45) is 3.81. The summed E-state index contributed by atoms with van der Waals surface area (Å²) in [6.45, 7) is 2.86. The summed E-state index contributed by atoms with van der Waals surface area (Å²) in [5.74, 6) is 0. The SMILES string of the molecule is CCCNc1cc(NC2(CO)CCC2)cc([N+](=O)[O-])c1. The molecule has 1 aromatic carbocycles. The summed E-state index contributed by atoms with van der Waals surface area (Å²) in [5.41, 5.74) is 1.17. The Bertz CT molecular complexity index is 481. The molecular formula is C14H21N3O3. The summed E-state index contributed by atoms with van der Waals surface area (Å²) in [5, 5.41) is 26.9. The lowest BCUT2D eigenvalue weighted by molar-refractivity contribution is -0.384. The van der Waals surface area contributed by atoms with Crippen LogP contribution in [0.25, 0.3) is 0 Å². The van der Waals surface area contributed by atoms with Crippen molar-refractivity contribution in [2.75, 3.05) is 23.8 Å². The lowest BCUT2D eigenvalue weighted by atomic mass is 9.77. The maximum absolute atomic E-state index is 11.0. The lowest BCUT2D eigenvalue weighted by Gasteiger charge is -2.41. The highest BCUT2D eigenvalue weighted by Gasteiger charge is 2.36. The van der Waals surface area contributed by atoms with Gasteiger partial charge in [-0.3, -0.25) is 10.1 Å². The van der Waals surface area contributed by atoms with E-state index in [1.54, 1.807) is 0 Å². The highest BCUT2D eigenvalue weighted by Crippen LogP contribution is 2.36. The van der Waals surface area contributed by atoms with E-state index in [1.165, 1.54) is 12.1 Å². The molecule has 0 radical (unpaired) electrons. The first-order chi connectivity index (χ1) is 9.58. The molecule has 0 unspecified atom stereocenters. The molecule has 20 heavy (non-hydrogen) atoms. The summed E-state index contributed by atoms with van der Waals surface area (Å²) in [6, 6.07) is 4.92. The van der Waals surface area contributed by atoms with Crippen molar-refractivity contribution >= 4 is 17.1 Å². The van der Waals surface area contributed by atoms with Crippen LogP contribution in [0.5, 0.6) is 0 Å². The third-order valence-corrected chi connectivity index (χ3v) is 3.73. The second kappa shape index (κ2) is 6.09. The molecular weight excluding hydrogens is 258 g/mol. The van der Waals surface area contributed by atoms with Crippen molar-refractivity contribution < 1.29 is 10.0 Å². The maximum atomic E-state index is 11.0. The zero-order valence-electron chi connectivity index (χ0n) is 11.7. The second-order valence-corrected chi connectivity index (χ2v) is 5.37. The van der Waals surface area contributed by atoms with Crippen LogP contribution in [-0.2, 0) is 0 Å². The Morgan fingerprint density at radius 1 is 1.35 bits per heavy atom. The first-order valence-corrected chi connectivity index (χ1v) is 7.01. The Balaban J connectivity index is 2.22. The molecule has 0 amide bonds. The average molecular weight is 279 g/mol. The topological polar surface area (TPSA) is 87.4 Å². The van der Waals surface area contributed by atoms with Gasteiger partial charge in [0, 0.05) is 30.1 Å². The Kier molecular flexibility index (Phi) is 4.44. The van der Waals surface area contributed by atoms with Crippen LogP contribution < -0.4 is 10.6 Å². The Morgan fingerprint density at radius 3 is 2.55 bits per heavy atom. The minimum Gasteiger partial charge on any atom is -0.394 e. The van der Waals surface area contributed by atoms with E-state index in [-0.39, 0.29) is 17.8 Å². The largest absolute Gasteiger partial charge is 0.394 e. The van der Waals surface area contributed by atoms with E-state index >= 15 is 0 Å². The quantitative estimate of drug-likeness (QED) is 0.527. The molecule has 0 atom stereocenters. The summed E-state index contributed by atoms with van der Waals surface area (Å²) < 4.78 is 0. The van der Waals surface area contributed by atoms with Crippen molar-refractivity contribution in [2.24, 2.45) is 0 Å². The Labute approximate surface area is 118 Å². The average Bonchev–Trinajstić information content (AvgIpc) is 2.40. The summed E-state index contributed by atoms with van der Waals surface area (Å²) in [7, 11) is 0. The molecule has 1 aromatic rings. The van der Waals surface area contributed by atoms with Gasteiger partial charge in [-0.05, 0) is 31.7 Å². The number of hydrogen-bond donors (Lipinski definition) is 3. The molecule has 1 aliphatic carbocycles. The van der Waals surface area contributed by atoms with Crippen molar-refractivity contribution in [3.63, 3.8) is 0 Å². The molecule has 0 saturated heterocycles. The number of rotatable bonds is 7. The fourth-order valence-electron chi connectivity index (χ4n) is 2.39. The van der Waals surface area contributed by atoms with Gasteiger partial charge in [0.1, 0.15) is 0 Å². The number of non-ortho nitro benzene ring substituents is 1. The van der Waals surface area contributed by atoms with E-state index < -0.39 is 4.92 Å². The molecule has 0 heterocycles. The Hall–Kier alpha value is -1.82. The molecule has 2 rings (SSSR count). The van der Waals surface area contributed by atoms with Gasteiger partial charge in [0.05, 0.1) is 17.1 Å². The van der Waals surface area contributed by atoms with Crippen molar-refractivity contribution in [3.8, 4) is 0 Å². The molecule has 1 fully saturated rings. The van der Waals surface area contributed by atoms with Gasteiger partial charge in [-0.25, -0.2) is 0 Å². The van der Waals surface area contributed by atoms with Gasteiger partial charge in [0.2, 0.25) is 0 Å². The van der Waals surface area contributed by atoms with Crippen LogP contribution in [0, 0.1) is 10.1 Å². The van der Waals surface area contributed by atoms with Crippen molar-refractivity contribution in [1.29, 1.82) is 0 Å². The van der Waals surface area contributed by atoms with Gasteiger partial charge in [0.25, 0.3) is 5.69 Å². The first-order valence-electron chi connectivity index (χ1n) is 7.01. The monoisotopic (exact) mass is 279 g/mol. The van der Waals surface area contributed by atoms with E-state index in [9.17, 15) is 15.2 Å². The van der Waals surface area contributed by atoms with E-state index in [1.807, 2.05) is 13.0 Å². The van der Waals surface area contributed by atoms with Gasteiger partial charge < -0.3 is 15.7 Å². The molecule has 0 bridgehead atoms. The van der Waals surface area contributed by atoms with Gasteiger partial charge in [-0.1, -0.05) is 6.92 Å². The molecule has 0 aromatic heterocycles. The number of aliphatic hydroxyl groups is 1. The smallest absolute Gasteiger partial charge is 0.273 e. The molecule has 110 valence electrons. The summed E-state index contributed by atoms with van der Waals surface area (Å²) in [4.78, 5) is 10.6. The van der Waals surface area contributed by atoms with Gasteiger partial charge >= 0.3 is 0 Å². The second-order valence-electron chi connectivity index (χ2n) is 5.37. The molecule has 3 N–H and O–H groups in total. The number of nitrogens with one attached hydrogen (secondary N) is 2. The van der Waals surface area contributed by atoms with Crippen LogP contribution in [0.1, 0.15) is 32.6 Å². The number of nitro benzene ring substituents is 1. The van der Waals surface area contributed by atoms with Crippen LogP contribution >= 0.6 is 0 Å². The number of nitro groups is 1. The Morgan fingerprint density at radius 2 is 2.05 bits per heavy atom. The lowest BCUT2D eigenvalue weighted by Crippen LogP contribution is -2.48. The molecule has 0 aliphatic heterocycles. The van der Waals surface area contributed by atoms with Crippen LogP contribution in [0.3, 0.4) is 0 Å². The minimum absolute atomic E-state index is 0.0490.